The van der Waals surface area contributed by atoms with Crippen LogP contribution in [0.1, 0.15) is 37.7 Å². The van der Waals surface area contributed by atoms with Crippen molar-refractivity contribution >= 4 is 16.0 Å². The Hall–Kier alpha value is -1.60. The second kappa shape index (κ2) is 7.96. The van der Waals surface area contributed by atoms with Gasteiger partial charge in [0.25, 0.3) is 0 Å². The molecule has 0 bridgehead atoms. The van der Waals surface area contributed by atoms with Crippen molar-refractivity contribution in [3.05, 3.63) is 29.8 Å². The Labute approximate surface area is 157 Å². The molecule has 2 fully saturated rings. The molecular weight excluding hydrogens is 348 g/mol. The molecule has 6 nitrogen and oxygen atoms in total. The van der Waals surface area contributed by atoms with Gasteiger partial charge in [-0.3, -0.25) is 4.99 Å². The number of hydrogen-bond donors (Lipinski definition) is 2. The molecule has 2 aliphatic rings. The van der Waals surface area contributed by atoms with Crippen LogP contribution in [0, 0.1) is 12.3 Å². The fourth-order valence-electron chi connectivity index (χ4n) is 4.14. The van der Waals surface area contributed by atoms with E-state index in [1.165, 1.54) is 32.1 Å². The lowest BCUT2D eigenvalue weighted by Gasteiger charge is -2.26. The largest absolute Gasteiger partial charge is 0.355 e. The standard InChI is InChI=1S/C19H30N4O2S/c1-16-5-7-17(8-6-16)26(24,25)22-13-12-21-18(20-2)23-14-11-19(15-23)9-3-4-10-19/h5-8,22H,3-4,9-15H2,1-2H3,(H,20,21). The molecule has 1 saturated carbocycles. The van der Waals surface area contributed by atoms with Crippen LogP contribution in [0.5, 0.6) is 0 Å². The summed E-state index contributed by atoms with van der Waals surface area (Å²) in [6, 6.07) is 6.88. The van der Waals surface area contributed by atoms with Crippen LogP contribution in [-0.4, -0.2) is 52.5 Å². The predicted octanol–water partition coefficient (Wildman–Crippen LogP) is 2.11. The highest BCUT2D eigenvalue weighted by Gasteiger charge is 2.41. The van der Waals surface area contributed by atoms with E-state index < -0.39 is 10.0 Å². The number of likely N-dealkylation sites (tertiary alicyclic amines) is 1. The van der Waals surface area contributed by atoms with Gasteiger partial charge in [0.2, 0.25) is 10.0 Å². The van der Waals surface area contributed by atoms with Gasteiger partial charge in [0.15, 0.2) is 5.96 Å². The number of rotatable bonds is 5. The first-order valence-electron chi connectivity index (χ1n) is 9.46. The zero-order valence-electron chi connectivity index (χ0n) is 15.8. The lowest BCUT2D eigenvalue weighted by atomic mass is 9.86. The fourth-order valence-corrected chi connectivity index (χ4v) is 5.17. The molecule has 0 aromatic heterocycles. The highest BCUT2D eigenvalue weighted by atomic mass is 32.2. The maximum absolute atomic E-state index is 12.3. The van der Waals surface area contributed by atoms with E-state index >= 15 is 0 Å². The van der Waals surface area contributed by atoms with Crippen molar-refractivity contribution in [3.63, 3.8) is 0 Å². The third kappa shape index (κ3) is 4.38. The fraction of sp³-hybridized carbons (Fsp3) is 0.632. The van der Waals surface area contributed by atoms with Gasteiger partial charge >= 0.3 is 0 Å². The van der Waals surface area contributed by atoms with Gasteiger partial charge in [-0.05, 0) is 43.7 Å². The molecule has 0 unspecified atom stereocenters. The molecule has 1 aromatic rings. The molecule has 7 heteroatoms. The minimum atomic E-state index is -3.46. The van der Waals surface area contributed by atoms with Crippen LogP contribution in [-0.2, 0) is 10.0 Å². The third-order valence-corrected chi connectivity index (χ3v) is 7.12. The lowest BCUT2D eigenvalue weighted by molar-refractivity contribution is 0.309. The Morgan fingerprint density at radius 3 is 2.50 bits per heavy atom. The van der Waals surface area contributed by atoms with Crippen LogP contribution in [0.25, 0.3) is 0 Å². The monoisotopic (exact) mass is 378 g/mol. The van der Waals surface area contributed by atoms with E-state index in [9.17, 15) is 8.42 Å². The average molecular weight is 379 g/mol. The van der Waals surface area contributed by atoms with Crippen LogP contribution in [0.3, 0.4) is 0 Å². The highest BCUT2D eigenvalue weighted by molar-refractivity contribution is 7.89. The molecule has 144 valence electrons. The summed E-state index contributed by atoms with van der Waals surface area (Å²) in [6.45, 7) is 4.89. The van der Waals surface area contributed by atoms with Crippen LogP contribution in [0.2, 0.25) is 0 Å². The van der Waals surface area contributed by atoms with E-state index in [1.54, 1.807) is 31.3 Å². The second-order valence-corrected chi connectivity index (χ2v) is 9.33. The maximum atomic E-state index is 12.3. The van der Waals surface area contributed by atoms with Crippen LogP contribution < -0.4 is 10.0 Å². The quantitative estimate of drug-likeness (QED) is 0.468. The normalized spacial score (nSPS) is 20.1. The van der Waals surface area contributed by atoms with Crippen molar-refractivity contribution in [2.24, 2.45) is 10.4 Å². The zero-order chi connectivity index (χ0) is 18.6. The summed E-state index contributed by atoms with van der Waals surface area (Å²) in [5.41, 5.74) is 1.53. The first-order valence-corrected chi connectivity index (χ1v) is 10.9. The predicted molar refractivity (Wildman–Crippen MR) is 105 cm³/mol. The van der Waals surface area contributed by atoms with E-state index in [4.69, 9.17) is 0 Å². The SMILES string of the molecule is CN=C(NCCNS(=O)(=O)c1ccc(C)cc1)N1CCC2(CCCC2)C1. The van der Waals surface area contributed by atoms with Gasteiger partial charge in [-0.2, -0.15) is 0 Å². The Kier molecular flexibility index (Phi) is 5.87. The van der Waals surface area contributed by atoms with E-state index in [0.29, 0.717) is 23.4 Å². The Balaban J connectivity index is 1.47. The summed E-state index contributed by atoms with van der Waals surface area (Å²) in [5, 5.41) is 3.30. The highest BCUT2D eigenvalue weighted by Crippen LogP contribution is 2.45. The van der Waals surface area contributed by atoms with Gasteiger partial charge in [0.1, 0.15) is 0 Å². The summed E-state index contributed by atoms with van der Waals surface area (Å²) >= 11 is 0. The van der Waals surface area contributed by atoms with Gasteiger partial charge < -0.3 is 10.2 Å². The van der Waals surface area contributed by atoms with Gasteiger partial charge in [0, 0.05) is 33.2 Å². The molecule has 1 saturated heterocycles. The Bertz CT molecular complexity index is 737. The molecule has 0 atom stereocenters. The number of hydrogen-bond acceptors (Lipinski definition) is 3. The maximum Gasteiger partial charge on any atom is 0.240 e. The third-order valence-electron chi connectivity index (χ3n) is 5.65. The van der Waals surface area contributed by atoms with Crippen molar-refractivity contribution in [2.75, 3.05) is 33.2 Å². The molecule has 1 spiro atoms. The summed E-state index contributed by atoms with van der Waals surface area (Å²) in [4.78, 5) is 7.00. The first-order chi connectivity index (χ1) is 12.4. The minimum absolute atomic E-state index is 0.301. The number of sulfonamides is 1. The smallest absolute Gasteiger partial charge is 0.240 e. The van der Waals surface area contributed by atoms with Crippen molar-refractivity contribution < 1.29 is 8.42 Å². The summed E-state index contributed by atoms with van der Waals surface area (Å²) in [5.74, 6) is 0.878. The molecule has 3 rings (SSSR count). The molecule has 1 aliphatic heterocycles. The van der Waals surface area contributed by atoms with Crippen LogP contribution in [0.4, 0.5) is 0 Å². The second-order valence-electron chi connectivity index (χ2n) is 7.56. The summed E-state index contributed by atoms with van der Waals surface area (Å²) in [6.07, 6.45) is 6.60. The number of aliphatic imine (C=N–C) groups is 1. The van der Waals surface area contributed by atoms with Crippen molar-refractivity contribution in [3.8, 4) is 0 Å². The zero-order valence-corrected chi connectivity index (χ0v) is 16.6. The summed E-state index contributed by atoms with van der Waals surface area (Å²) < 4.78 is 27.3. The number of nitrogens with zero attached hydrogens (tertiary/aromatic N) is 2. The number of nitrogens with one attached hydrogen (secondary N) is 2. The van der Waals surface area contributed by atoms with Crippen molar-refractivity contribution in [1.29, 1.82) is 0 Å². The van der Waals surface area contributed by atoms with Crippen LogP contribution in [0.15, 0.2) is 34.2 Å². The molecule has 0 amide bonds. The molecule has 1 heterocycles. The number of aryl methyl sites for hydroxylation is 1. The van der Waals surface area contributed by atoms with E-state index in [-0.39, 0.29) is 0 Å². The Morgan fingerprint density at radius 1 is 1.15 bits per heavy atom. The summed E-state index contributed by atoms with van der Waals surface area (Å²) in [7, 11) is -1.67. The molecule has 1 aliphatic carbocycles. The molecule has 0 radical (unpaired) electrons. The molecular formula is C19H30N4O2S. The van der Waals surface area contributed by atoms with Gasteiger partial charge in [0.05, 0.1) is 4.90 Å². The lowest BCUT2D eigenvalue weighted by Crippen LogP contribution is -2.43. The number of benzene rings is 1. The van der Waals surface area contributed by atoms with Gasteiger partial charge in [-0.1, -0.05) is 30.5 Å². The van der Waals surface area contributed by atoms with E-state index in [1.807, 2.05) is 6.92 Å². The molecule has 2 N–H and O–H groups in total. The van der Waals surface area contributed by atoms with Crippen molar-refractivity contribution in [2.45, 2.75) is 43.9 Å². The van der Waals surface area contributed by atoms with Crippen LogP contribution >= 0.6 is 0 Å². The molecule has 26 heavy (non-hydrogen) atoms. The van der Waals surface area contributed by atoms with Gasteiger partial charge in [-0.25, -0.2) is 13.1 Å². The molecule has 1 aromatic carbocycles. The average Bonchev–Trinajstić information content (AvgIpc) is 3.25. The topological polar surface area (TPSA) is 73.8 Å². The Morgan fingerprint density at radius 2 is 1.85 bits per heavy atom. The van der Waals surface area contributed by atoms with E-state index in [0.717, 1.165) is 24.6 Å². The van der Waals surface area contributed by atoms with Gasteiger partial charge in [-0.15, -0.1) is 0 Å². The first kappa shape index (κ1) is 19.2. The number of guanidine groups is 1. The minimum Gasteiger partial charge on any atom is -0.355 e. The van der Waals surface area contributed by atoms with E-state index in [2.05, 4.69) is 19.9 Å². The van der Waals surface area contributed by atoms with Crippen molar-refractivity contribution in [1.82, 2.24) is 14.9 Å².